The van der Waals surface area contributed by atoms with Crippen LogP contribution in [0.25, 0.3) is 11.1 Å². The van der Waals surface area contributed by atoms with Crippen LogP contribution in [0.15, 0.2) is 58.1 Å². The number of fused-ring (bicyclic) bond motifs is 1. The Morgan fingerprint density at radius 1 is 1.03 bits per heavy atom. The molecule has 0 bridgehead atoms. The van der Waals surface area contributed by atoms with Crippen molar-refractivity contribution >= 4 is 17.5 Å². The molecule has 0 amide bonds. The molecule has 2 N–H and O–H groups in total. The summed E-state index contributed by atoms with van der Waals surface area (Å²) in [6.07, 6.45) is 0. The van der Waals surface area contributed by atoms with Gasteiger partial charge in [-0.15, -0.1) is 0 Å². The summed E-state index contributed by atoms with van der Waals surface area (Å²) < 4.78 is 2.55. The zero-order valence-corrected chi connectivity index (χ0v) is 16.0. The van der Waals surface area contributed by atoms with Crippen molar-refractivity contribution in [2.75, 3.05) is 16.9 Å². The molecule has 1 aliphatic heterocycles. The smallest absolute Gasteiger partial charge is 0.336 e. The Kier molecular flexibility index (Phi) is 4.46. The Hall–Kier alpha value is -3.81. The molecule has 148 valence electrons. The van der Waals surface area contributed by atoms with Crippen molar-refractivity contribution in [3.8, 4) is 11.1 Å². The number of rotatable bonds is 4. The summed E-state index contributed by atoms with van der Waals surface area (Å²) in [6, 6.07) is 14.5. The fourth-order valence-electron chi connectivity index (χ4n) is 3.67. The summed E-state index contributed by atoms with van der Waals surface area (Å²) in [5.41, 5.74) is 2.41. The minimum atomic E-state index is -0.966. The number of carbonyl (C=O) groups is 1. The molecule has 2 aromatic carbocycles. The van der Waals surface area contributed by atoms with E-state index in [-0.39, 0.29) is 16.8 Å². The third-order valence-corrected chi connectivity index (χ3v) is 5.18. The maximum absolute atomic E-state index is 12.3. The standard InChI is InChI=1S/C21H20N4O4/c1-23-18-17(19(26)24(2)21(23)29)22-12-25(18)11-13-7-9-14(10-8-13)15-5-3-4-6-16(15)20(27)28/h3-10,22H,11-12H2,1-2H3,(H,27,28). The van der Waals surface area contributed by atoms with E-state index in [1.54, 1.807) is 25.2 Å². The van der Waals surface area contributed by atoms with E-state index in [4.69, 9.17) is 0 Å². The molecule has 0 fully saturated rings. The van der Waals surface area contributed by atoms with Gasteiger partial charge in [0.1, 0.15) is 11.5 Å². The summed E-state index contributed by atoms with van der Waals surface area (Å²) in [6.45, 7) is 0.923. The molecule has 29 heavy (non-hydrogen) atoms. The second-order valence-electron chi connectivity index (χ2n) is 6.98. The van der Waals surface area contributed by atoms with Crippen molar-refractivity contribution in [2.24, 2.45) is 14.1 Å². The zero-order chi connectivity index (χ0) is 20.7. The van der Waals surface area contributed by atoms with Gasteiger partial charge in [-0.1, -0.05) is 42.5 Å². The first-order valence-electron chi connectivity index (χ1n) is 9.09. The van der Waals surface area contributed by atoms with E-state index >= 15 is 0 Å². The SMILES string of the molecule is Cn1c2c(c(=O)n(C)c1=O)NCN2Cc1ccc(-c2ccccc2C(=O)O)cc1. The van der Waals surface area contributed by atoms with Gasteiger partial charge in [-0.25, -0.2) is 9.59 Å². The summed E-state index contributed by atoms with van der Waals surface area (Å²) in [7, 11) is 3.11. The Morgan fingerprint density at radius 3 is 2.41 bits per heavy atom. The van der Waals surface area contributed by atoms with Crippen LogP contribution < -0.4 is 21.5 Å². The van der Waals surface area contributed by atoms with Gasteiger partial charge in [0.15, 0.2) is 0 Å². The third kappa shape index (κ3) is 3.08. The van der Waals surface area contributed by atoms with E-state index in [0.717, 1.165) is 15.7 Å². The van der Waals surface area contributed by atoms with E-state index in [2.05, 4.69) is 5.32 Å². The highest BCUT2D eigenvalue weighted by atomic mass is 16.4. The molecule has 8 heteroatoms. The summed E-state index contributed by atoms with van der Waals surface area (Å²) in [4.78, 5) is 38.0. The average molecular weight is 392 g/mol. The predicted octanol–water partition coefficient (Wildman–Crippen LogP) is 1.84. The Bertz CT molecular complexity index is 1220. The van der Waals surface area contributed by atoms with Gasteiger partial charge in [0.25, 0.3) is 5.56 Å². The number of anilines is 2. The topological polar surface area (TPSA) is 96.6 Å². The molecule has 0 radical (unpaired) electrons. The number of hydrogen-bond donors (Lipinski definition) is 2. The first-order chi connectivity index (χ1) is 13.9. The largest absolute Gasteiger partial charge is 0.478 e. The van der Waals surface area contributed by atoms with Crippen LogP contribution in [0.4, 0.5) is 11.5 Å². The van der Waals surface area contributed by atoms with E-state index in [1.165, 1.54) is 11.6 Å². The van der Waals surface area contributed by atoms with E-state index in [0.29, 0.717) is 30.3 Å². The highest BCUT2D eigenvalue weighted by Crippen LogP contribution is 2.29. The molecule has 0 saturated carbocycles. The van der Waals surface area contributed by atoms with Crippen molar-refractivity contribution < 1.29 is 9.90 Å². The van der Waals surface area contributed by atoms with Crippen molar-refractivity contribution in [3.63, 3.8) is 0 Å². The number of aromatic nitrogens is 2. The average Bonchev–Trinajstić information content (AvgIpc) is 3.15. The highest BCUT2D eigenvalue weighted by molar-refractivity contribution is 5.96. The van der Waals surface area contributed by atoms with Crippen LogP contribution in [0.2, 0.25) is 0 Å². The van der Waals surface area contributed by atoms with Gasteiger partial charge in [0.2, 0.25) is 0 Å². The van der Waals surface area contributed by atoms with Crippen molar-refractivity contribution in [3.05, 3.63) is 80.5 Å². The lowest BCUT2D eigenvalue weighted by Crippen LogP contribution is -2.38. The molecule has 8 nitrogen and oxygen atoms in total. The monoisotopic (exact) mass is 392 g/mol. The number of carboxylic acid groups (broad SMARTS) is 1. The quantitative estimate of drug-likeness (QED) is 0.703. The molecule has 3 aromatic rings. The maximum atomic E-state index is 12.3. The van der Waals surface area contributed by atoms with Gasteiger partial charge in [-0.05, 0) is 22.8 Å². The van der Waals surface area contributed by atoms with Crippen LogP contribution in [-0.2, 0) is 20.6 Å². The van der Waals surface area contributed by atoms with Gasteiger partial charge in [-0.3, -0.25) is 13.9 Å². The fraction of sp³-hybridized carbons (Fsp3) is 0.190. The maximum Gasteiger partial charge on any atom is 0.336 e. The minimum absolute atomic E-state index is 0.253. The van der Waals surface area contributed by atoms with Crippen molar-refractivity contribution in [1.29, 1.82) is 0 Å². The zero-order valence-electron chi connectivity index (χ0n) is 16.0. The number of hydrogen-bond acceptors (Lipinski definition) is 5. The molecule has 0 unspecified atom stereocenters. The summed E-state index contributed by atoms with van der Waals surface area (Å²) >= 11 is 0. The first-order valence-corrected chi connectivity index (χ1v) is 9.09. The van der Waals surface area contributed by atoms with Crippen LogP contribution in [0.5, 0.6) is 0 Å². The molecule has 0 aliphatic carbocycles. The number of aromatic carboxylic acids is 1. The van der Waals surface area contributed by atoms with Crippen molar-refractivity contribution in [1.82, 2.24) is 9.13 Å². The lowest BCUT2D eigenvalue weighted by atomic mass is 9.98. The number of nitrogens with zero attached hydrogens (tertiary/aromatic N) is 3. The number of carboxylic acids is 1. The Balaban J connectivity index is 1.64. The molecule has 0 atom stereocenters. The van der Waals surface area contributed by atoms with E-state index in [1.807, 2.05) is 35.2 Å². The second-order valence-corrected chi connectivity index (χ2v) is 6.98. The predicted molar refractivity (Wildman–Crippen MR) is 110 cm³/mol. The van der Waals surface area contributed by atoms with E-state index < -0.39 is 5.97 Å². The summed E-state index contributed by atoms with van der Waals surface area (Å²) in [5.74, 6) is -0.398. The lowest BCUT2D eigenvalue weighted by molar-refractivity contribution is 0.0697. The van der Waals surface area contributed by atoms with Crippen LogP contribution in [0.3, 0.4) is 0 Å². The first kappa shape index (κ1) is 18.5. The van der Waals surface area contributed by atoms with E-state index in [9.17, 15) is 19.5 Å². The van der Waals surface area contributed by atoms with Crippen molar-refractivity contribution in [2.45, 2.75) is 6.54 Å². The second kappa shape index (κ2) is 6.97. The van der Waals surface area contributed by atoms with Gasteiger partial charge >= 0.3 is 11.7 Å². The molecule has 1 aromatic heterocycles. The normalized spacial score (nSPS) is 12.6. The van der Waals surface area contributed by atoms with Crippen LogP contribution >= 0.6 is 0 Å². The Labute approximate surface area is 166 Å². The molecule has 1 aliphatic rings. The number of nitrogens with one attached hydrogen (secondary N) is 1. The molecular formula is C21H20N4O4. The minimum Gasteiger partial charge on any atom is -0.478 e. The molecule has 4 rings (SSSR count). The molecular weight excluding hydrogens is 372 g/mol. The van der Waals surface area contributed by atoms with Gasteiger partial charge in [-0.2, -0.15) is 0 Å². The molecule has 0 saturated heterocycles. The number of benzene rings is 2. The van der Waals surface area contributed by atoms with Crippen LogP contribution in [-0.4, -0.2) is 26.9 Å². The van der Waals surface area contributed by atoms with Gasteiger partial charge < -0.3 is 15.3 Å². The molecule has 0 spiro atoms. The van der Waals surface area contributed by atoms with Gasteiger partial charge in [0.05, 0.1) is 12.2 Å². The van der Waals surface area contributed by atoms with Crippen LogP contribution in [0, 0.1) is 0 Å². The molecule has 2 heterocycles. The third-order valence-electron chi connectivity index (χ3n) is 5.18. The summed E-state index contributed by atoms with van der Waals surface area (Å²) in [5, 5.41) is 12.5. The van der Waals surface area contributed by atoms with Gasteiger partial charge in [0, 0.05) is 20.6 Å². The Morgan fingerprint density at radius 2 is 1.72 bits per heavy atom. The lowest BCUT2D eigenvalue weighted by Gasteiger charge is -2.20. The highest BCUT2D eigenvalue weighted by Gasteiger charge is 2.26. The fourth-order valence-corrected chi connectivity index (χ4v) is 3.67. The van der Waals surface area contributed by atoms with Crippen LogP contribution in [0.1, 0.15) is 15.9 Å².